The summed E-state index contributed by atoms with van der Waals surface area (Å²) in [7, 11) is 0. The summed E-state index contributed by atoms with van der Waals surface area (Å²) in [6.45, 7) is 13.0. The number of rotatable bonds is 5. The van der Waals surface area contributed by atoms with Crippen LogP contribution in [0.1, 0.15) is 73.6 Å². The van der Waals surface area contributed by atoms with Crippen LogP contribution in [0.5, 0.6) is 0 Å². The molecule has 0 amide bonds. The Morgan fingerprint density at radius 2 is 2.04 bits per heavy atom. The molecular formula is C21H34O3. The van der Waals surface area contributed by atoms with Gasteiger partial charge >= 0.3 is 0 Å². The van der Waals surface area contributed by atoms with Crippen LogP contribution in [0.2, 0.25) is 0 Å². The first-order valence-electron chi connectivity index (χ1n) is 9.54. The molecule has 2 aliphatic carbocycles. The van der Waals surface area contributed by atoms with Crippen LogP contribution in [0.3, 0.4) is 0 Å². The standard InChI is InChI=1S/C21H34O3/c1-7-23-16(3)24-20(4,5)14-12-15(2)17-10-11-18-19(22)9-8-13-21(17,18)6/h15-18H,7-11,13H2,1-6H3/t15-,16?,17-,18-,21-/m1/s1. The zero-order valence-electron chi connectivity index (χ0n) is 16.3. The molecule has 0 aliphatic heterocycles. The largest absolute Gasteiger partial charge is 0.353 e. The second-order valence-electron chi connectivity index (χ2n) is 8.27. The molecule has 0 aromatic heterocycles. The Morgan fingerprint density at radius 1 is 1.33 bits per heavy atom. The molecule has 2 aliphatic rings. The molecule has 3 heteroatoms. The number of ether oxygens (including phenoxy) is 2. The van der Waals surface area contributed by atoms with Gasteiger partial charge in [-0.1, -0.05) is 25.7 Å². The Morgan fingerprint density at radius 3 is 2.71 bits per heavy atom. The molecule has 2 saturated carbocycles. The lowest BCUT2D eigenvalue weighted by atomic mass is 9.62. The lowest BCUT2D eigenvalue weighted by molar-refractivity contribution is -0.169. The number of carbonyl (C=O) groups is 1. The zero-order chi connectivity index (χ0) is 18.0. The molecular weight excluding hydrogens is 300 g/mol. The molecule has 0 aromatic carbocycles. The van der Waals surface area contributed by atoms with Gasteiger partial charge < -0.3 is 9.47 Å². The van der Waals surface area contributed by atoms with Crippen molar-refractivity contribution < 1.29 is 14.3 Å². The zero-order valence-corrected chi connectivity index (χ0v) is 16.3. The quantitative estimate of drug-likeness (QED) is 0.545. The molecule has 3 nitrogen and oxygen atoms in total. The van der Waals surface area contributed by atoms with E-state index in [-0.39, 0.29) is 23.5 Å². The number of hydrogen-bond acceptors (Lipinski definition) is 3. The van der Waals surface area contributed by atoms with Gasteiger partial charge in [-0.2, -0.15) is 0 Å². The smallest absolute Gasteiger partial charge is 0.156 e. The first-order chi connectivity index (χ1) is 11.2. The number of hydrogen-bond donors (Lipinski definition) is 0. The van der Waals surface area contributed by atoms with E-state index in [9.17, 15) is 4.79 Å². The lowest BCUT2D eigenvalue weighted by Crippen LogP contribution is -2.39. The first-order valence-corrected chi connectivity index (χ1v) is 9.54. The second kappa shape index (κ2) is 7.58. The van der Waals surface area contributed by atoms with Crippen molar-refractivity contribution in [3.05, 3.63) is 0 Å². The molecule has 0 spiro atoms. The molecule has 0 radical (unpaired) electrons. The van der Waals surface area contributed by atoms with E-state index >= 15 is 0 Å². The third kappa shape index (κ3) is 4.21. The van der Waals surface area contributed by atoms with E-state index in [1.165, 1.54) is 6.42 Å². The topological polar surface area (TPSA) is 35.5 Å². The summed E-state index contributed by atoms with van der Waals surface area (Å²) in [5.74, 6) is 8.31. The fourth-order valence-corrected chi connectivity index (χ4v) is 4.89. The Bertz CT molecular complexity index is 513. The van der Waals surface area contributed by atoms with Crippen LogP contribution < -0.4 is 0 Å². The van der Waals surface area contributed by atoms with E-state index < -0.39 is 5.60 Å². The van der Waals surface area contributed by atoms with E-state index in [1.807, 2.05) is 27.7 Å². The summed E-state index contributed by atoms with van der Waals surface area (Å²) < 4.78 is 11.3. The van der Waals surface area contributed by atoms with Gasteiger partial charge in [0.1, 0.15) is 11.4 Å². The van der Waals surface area contributed by atoms with Crippen LogP contribution in [-0.4, -0.2) is 24.3 Å². The summed E-state index contributed by atoms with van der Waals surface area (Å²) >= 11 is 0. The maximum atomic E-state index is 12.3. The normalized spacial score (nSPS) is 32.7. The minimum atomic E-state index is -0.524. The summed E-state index contributed by atoms with van der Waals surface area (Å²) in [6, 6.07) is 0. The van der Waals surface area contributed by atoms with Crippen molar-refractivity contribution in [3.63, 3.8) is 0 Å². The van der Waals surface area contributed by atoms with Crippen LogP contribution in [0.25, 0.3) is 0 Å². The van der Waals surface area contributed by atoms with Crippen molar-refractivity contribution in [2.75, 3.05) is 6.61 Å². The van der Waals surface area contributed by atoms with Crippen molar-refractivity contribution in [1.82, 2.24) is 0 Å². The van der Waals surface area contributed by atoms with Gasteiger partial charge in [0.25, 0.3) is 0 Å². The maximum absolute atomic E-state index is 12.3. The summed E-state index contributed by atoms with van der Waals surface area (Å²) in [6.07, 6.45) is 4.92. The number of fused-ring (bicyclic) bond motifs is 1. The van der Waals surface area contributed by atoms with Gasteiger partial charge in [-0.15, -0.1) is 0 Å². The third-order valence-electron chi connectivity index (χ3n) is 6.00. The van der Waals surface area contributed by atoms with E-state index in [2.05, 4.69) is 25.7 Å². The van der Waals surface area contributed by atoms with Crippen LogP contribution in [0.15, 0.2) is 0 Å². The molecule has 0 heterocycles. The Kier molecular flexibility index (Phi) is 6.15. The maximum Gasteiger partial charge on any atom is 0.156 e. The minimum Gasteiger partial charge on any atom is -0.353 e. The first kappa shape index (κ1) is 19.5. The minimum absolute atomic E-state index is 0.146. The fraction of sp³-hybridized carbons (Fsp3) is 0.857. The molecule has 0 bridgehead atoms. The van der Waals surface area contributed by atoms with E-state index in [0.717, 1.165) is 25.7 Å². The van der Waals surface area contributed by atoms with Crippen LogP contribution in [0.4, 0.5) is 0 Å². The third-order valence-corrected chi connectivity index (χ3v) is 6.00. The average molecular weight is 335 g/mol. The van der Waals surface area contributed by atoms with Crippen molar-refractivity contribution in [2.45, 2.75) is 85.5 Å². The number of ketones is 1. The van der Waals surface area contributed by atoms with E-state index in [4.69, 9.17) is 9.47 Å². The monoisotopic (exact) mass is 334 g/mol. The molecule has 2 fully saturated rings. The Hall–Kier alpha value is -0.850. The predicted octanol–water partition coefficient (Wildman–Crippen LogP) is 4.59. The highest BCUT2D eigenvalue weighted by Crippen LogP contribution is 2.56. The Balaban J connectivity index is 2.05. The molecule has 1 unspecified atom stereocenters. The Labute approximate surface area is 147 Å². The van der Waals surface area contributed by atoms with Crippen LogP contribution in [-0.2, 0) is 14.3 Å². The van der Waals surface area contributed by atoms with Gasteiger partial charge in [0.05, 0.1) is 0 Å². The van der Waals surface area contributed by atoms with E-state index in [1.54, 1.807) is 0 Å². The van der Waals surface area contributed by atoms with Gasteiger partial charge in [-0.3, -0.25) is 4.79 Å². The van der Waals surface area contributed by atoms with Crippen molar-refractivity contribution in [2.24, 2.45) is 23.2 Å². The van der Waals surface area contributed by atoms with E-state index in [0.29, 0.717) is 18.3 Å². The number of carbonyl (C=O) groups excluding carboxylic acids is 1. The van der Waals surface area contributed by atoms with Crippen LogP contribution >= 0.6 is 0 Å². The molecule has 0 saturated heterocycles. The highest BCUT2D eigenvalue weighted by atomic mass is 16.7. The van der Waals surface area contributed by atoms with Crippen molar-refractivity contribution >= 4 is 5.78 Å². The van der Waals surface area contributed by atoms with Gasteiger partial charge in [0.2, 0.25) is 0 Å². The lowest BCUT2D eigenvalue weighted by Gasteiger charge is -2.41. The van der Waals surface area contributed by atoms with Crippen molar-refractivity contribution in [3.8, 4) is 11.8 Å². The second-order valence-corrected chi connectivity index (χ2v) is 8.27. The van der Waals surface area contributed by atoms with Gasteiger partial charge in [0.15, 0.2) is 6.29 Å². The average Bonchev–Trinajstić information content (AvgIpc) is 2.83. The molecule has 0 aromatic rings. The highest BCUT2D eigenvalue weighted by molar-refractivity contribution is 5.83. The van der Waals surface area contributed by atoms with Crippen LogP contribution in [0, 0.1) is 35.0 Å². The SMILES string of the molecule is CCOC(C)OC(C)(C)C#C[C@@H](C)[C@H]1CC[C@@H]2C(=O)CCC[C@@]21C. The van der Waals surface area contributed by atoms with Gasteiger partial charge in [0, 0.05) is 24.9 Å². The molecule has 24 heavy (non-hydrogen) atoms. The summed E-state index contributed by atoms with van der Waals surface area (Å²) in [4.78, 5) is 12.3. The molecule has 5 atom stereocenters. The summed E-state index contributed by atoms with van der Waals surface area (Å²) in [5, 5.41) is 0. The van der Waals surface area contributed by atoms with Gasteiger partial charge in [-0.05, 0) is 64.7 Å². The number of Topliss-reactive ketones (excluding diaryl/α,β-unsaturated/α-hetero) is 1. The molecule has 136 valence electrons. The highest BCUT2D eigenvalue weighted by Gasteiger charge is 2.52. The van der Waals surface area contributed by atoms with Crippen molar-refractivity contribution in [1.29, 1.82) is 0 Å². The fourth-order valence-electron chi connectivity index (χ4n) is 4.89. The van der Waals surface area contributed by atoms with Gasteiger partial charge in [-0.25, -0.2) is 0 Å². The molecule has 2 rings (SSSR count). The predicted molar refractivity (Wildman–Crippen MR) is 96.4 cm³/mol. The molecule has 0 N–H and O–H groups in total. The summed E-state index contributed by atoms with van der Waals surface area (Å²) in [5.41, 5.74) is -0.378.